The first kappa shape index (κ1) is 20.8. The van der Waals surface area contributed by atoms with Gasteiger partial charge in [-0.3, -0.25) is 9.59 Å². The smallest absolute Gasteiger partial charge is 0.262 e. The first-order chi connectivity index (χ1) is 14.1. The lowest BCUT2D eigenvalue weighted by Gasteiger charge is -2.28. The molecule has 0 saturated heterocycles. The number of carbonyl (C=O) groups is 2. The van der Waals surface area contributed by atoms with E-state index in [-0.39, 0.29) is 24.2 Å². The van der Waals surface area contributed by atoms with E-state index >= 15 is 0 Å². The summed E-state index contributed by atoms with van der Waals surface area (Å²) < 4.78 is 19.3. The van der Waals surface area contributed by atoms with E-state index in [2.05, 4.69) is 5.32 Å². The van der Waals surface area contributed by atoms with Crippen molar-refractivity contribution in [1.82, 2.24) is 4.90 Å². The third-order valence-electron chi connectivity index (χ3n) is 5.32. The number of hydrogen-bond acceptors (Lipinski definition) is 3. The van der Waals surface area contributed by atoms with E-state index < -0.39 is 11.7 Å². The Hall–Kier alpha value is -2.89. The molecule has 0 bridgehead atoms. The lowest BCUT2D eigenvalue weighted by molar-refractivity contribution is -0.118. The molecule has 1 aliphatic rings. The molecule has 5 nitrogen and oxygen atoms in total. The monoisotopic (exact) mass is 398 g/mol. The molecule has 0 spiro atoms. The molecule has 29 heavy (non-hydrogen) atoms. The second-order valence-electron chi connectivity index (χ2n) is 7.37. The minimum Gasteiger partial charge on any atom is -0.483 e. The molecule has 1 fully saturated rings. The van der Waals surface area contributed by atoms with Crippen LogP contribution in [0, 0.1) is 5.82 Å². The summed E-state index contributed by atoms with van der Waals surface area (Å²) in [4.78, 5) is 27.0. The van der Waals surface area contributed by atoms with Crippen LogP contribution in [0.25, 0.3) is 0 Å². The molecule has 1 saturated carbocycles. The highest BCUT2D eigenvalue weighted by Crippen LogP contribution is 2.25. The van der Waals surface area contributed by atoms with Crippen LogP contribution in [-0.4, -0.2) is 36.4 Å². The van der Waals surface area contributed by atoms with Gasteiger partial charge in [-0.25, -0.2) is 4.39 Å². The Balaban J connectivity index is 1.64. The van der Waals surface area contributed by atoms with Crippen molar-refractivity contribution < 1.29 is 18.7 Å². The lowest BCUT2D eigenvalue weighted by Crippen LogP contribution is -2.37. The van der Waals surface area contributed by atoms with Gasteiger partial charge in [0.15, 0.2) is 6.61 Å². The van der Waals surface area contributed by atoms with Crippen molar-refractivity contribution in [2.45, 2.75) is 44.6 Å². The van der Waals surface area contributed by atoms with Crippen molar-refractivity contribution >= 4 is 17.5 Å². The Morgan fingerprint density at radius 3 is 2.41 bits per heavy atom. The van der Waals surface area contributed by atoms with Crippen LogP contribution in [-0.2, 0) is 4.79 Å². The highest BCUT2D eigenvalue weighted by atomic mass is 19.1. The molecule has 0 aromatic heterocycles. The number of para-hydroxylation sites is 2. The second-order valence-corrected chi connectivity index (χ2v) is 7.37. The van der Waals surface area contributed by atoms with E-state index in [9.17, 15) is 14.0 Å². The van der Waals surface area contributed by atoms with Gasteiger partial charge in [0.2, 0.25) is 0 Å². The summed E-state index contributed by atoms with van der Waals surface area (Å²) in [5.41, 5.74) is 0.525. The van der Waals surface area contributed by atoms with E-state index in [1.165, 1.54) is 25.0 Å². The zero-order valence-electron chi connectivity index (χ0n) is 16.7. The van der Waals surface area contributed by atoms with Crippen LogP contribution in [0.2, 0.25) is 0 Å². The van der Waals surface area contributed by atoms with Crippen LogP contribution < -0.4 is 10.1 Å². The number of halogens is 1. The van der Waals surface area contributed by atoms with E-state index in [0.717, 1.165) is 25.7 Å². The highest BCUT2D eigenvalue weighted by Gasteiger charge is 2.24. The fourth-order valence-electron chi connectivity index (χ4n) is 3.66. The minimum absolute atomic E-state index is 0.0959. The molecule has 0 unspecified atom stereocenters. The average molecular weight is 398 g/mol. The van der Waals surface area contributed by atoms with Crippen molar-refractivity contribution in [3.63, 3.8) is 0 Å². The predicted octanol–water partition coefficient (Wildman–Crippen LogP) is 4.64. The Kier molecular flexibility index (Phi) is 7.22. The fraction of sp³-hybridized carbons (Fsp3) is 0.391. The molecule has 2 aromatic rings. The third kappa shape index (κ3) is 5.56. The molecule has 0 aliphatic heterocycles. The maximum atomic E-state index is 13.7. The summed E-state index contributed by atoms with van der Waals surface area (Å²) in [5, 5.41) is 2.48. The zero-order chi connectivity index (χ0) is 20.6. The number of rotatable bonds is 6. The topological polar surface area (TPSA) is 58.6 Å². The largest absolute Gasteiger partial charge is 0.483 e. The number of anilines is 1. The van der Waals surface area contributed by atoms with E-state index in [0.29, 0.717) is 11.3 Å². The Bertz CT molecular complexity index is 848. The van der Waals surface area contributed by atoms with Crippen molar-refractivity contribution in [2.24, 2.45) is 0 Å². The van der Waals surface area contributed by atoms with Gasteiger partial charge in [-0.1, -0.05) is 49.9 Å². The van der Waals surface area contributed by atoms with Crippen molar-refractivity contribution in [3.05, 3.63) is 59.9 Å². The molecular weight excluding hydrogens is 371 g/mol. The quantitative estimate of drug-likeness (QED) is 0.722. The van der Waals surface area contributed by atoms with Gasteiger partial charge in [0.1, 0.15) is 11.6 Å². The number of ether oxygens (including phenoxy) is 1. The van der Waals surface area contributed by atoms with E-state index in [1.807, 2.05) is 7.05 Å². The van der Waals surface area contributed by atoms with Crippen molar-refractivity contribution in [2.75, 3.05) is 19.0 Å². The molecule has 2 amide bonds. The molecule has 1 N–H and O–H groups in total. The number of nitrogens with zero attached hydrogens (tertiary/aromatic N) is 1. The number of hydrogen-bond donors (Lipinski definition) is 1. The van der Waals surface area contributed by atoms with Gasteiger partial charge in [0.05, 0.1) is 11.3 Å². The molecule has 154 valence electrons. The standard InChI is InChI=1S/C23H27FN2O3/c1-26(17-10-4-2-3-5-11-17)23(28)18-12-6-9-15-21(18)29-16-22(27)25-20-14-8-7-13-19(20)24/h6-9,12-15,17H,2-5,10-11,16H2,1H3,(H,25,27). The molecule has 0 heterocycles. The molecule has 3 rings (SSSR count). The van der Waals surface area contributed by atoms with Crippen molar-refractivity contribution in [1.29, 1.82) is 0 Å². The lowest BCUT2D eigenvalue weighted by atomic mass is 10.1. The molecule has 0 atom stereocenters. The average Bonchev–Trinajstić information content (AvgIpc) is 3.03. The number of nitrogens with one attached hydrogen (secondary N) is 1. The summed E-state index contributed by atoms with van der Waals surface area (Å²) in [6.07, 6.45) is 6.73. The fourth-order valence-corrected chi connectivity index (χ4v) is 3.66. The van der Waals surface area contributed by atoms with E-state index in [4.69, 9.17) is 4.74 Å². The van der Waals surface area contributed by atoms with E-state index in [1.54, 1.807) is 41.3 Å². The minimum atomic E-state index is -0.513. The van der Waals surface area contributed by atoms with Gasteiger partial charge < -0.3 is 15.0 Å². The normalized spacial score (nSPS) is 14.7. The van der Waals surface area contributed by atoms with Crippen LogP contribution >= 0.6 is 0 Å². The van der Waals surface area contributed by atoms with Crippen LogP contribution in [0.5, 0.6) is 5.75 Å². The van der Waals surface area contributed by atoms with Crippen LogP contribution in [0.3, 0.4) is 0 Å². The molecule has 0 radical (unpaired) electrons. The summed E-state index contributed by atoms with van der Waals surface area (Å²) >= 11 is 0. The predicted molar refractivity (Wildman–Crippen MR) is 111 cm³/mol. The Morgan fingerprint density at radius 2 is 1.69 bits per heavy atom. The zero-order valence-corrected chi connectivity index (χ0v) is 16.7. The molecule has 6 heteroatoms. The maximum Gasteiger partial charge on any atom is 0.262 e. The van der Waals surface area contributed by atoms with Gasteiger partial charge in [0, 0.05) is 13.1 Å². The van der Waals surface area contributed by atoms with Gasteiger partial charge in [-0.2, -0.15) is 0 Å². The molecule has 2 aromatic carbocycles. The van der Waals surface area contributed by atoms with Crippen molar-refractivity contribution in [3.8, 4) is 5.75 Å². The van der Waals surface area contributed by atoms with Crippen LogP contribution in [0.15, 0.2) is 48.5 Å². The first-order valence-electron chi connectivity index (χ1n) is 10.1. The number of carbonyl (C=O) groups excluding carboxylic acids is 2. The summed E-state index contributed by atoms with van der Waals surface area (Å²) in [7, 11) is 1.83. The highest BCUT2D eigenvalue weighted by molar-refractivity contribution is 5.97. The van der Waals surface area contributed by atoms with Gasteiger partial charge >= 0.3 is 0 Å². The first-order valence-corrected chi connectivity index (χ1v) is 10.1. The second kappa shape index (κ2) is 10.0. The van der Waals surface area contributed by atoms with Crippen LogP contribution in [0.4, 0.5) is 10.1 Å². The van der Waals surface area contributed by atoms with Crippen LogP contribution in [0.1, 0.15) is 48.9 Å². The summed E-state index contributed by atoms with van der Waals surface area (Å²) in [6, 6.07) is 13.1. The summed E-state index contributed by atoms with van der Waals surface area (Å²) in [5.74, 6) is -0.764. The number of amides is 2. The van der Waals surface area contributed by atoms with Gasteiger partial charge in [0.25, 0.3) is 11.8 Å². The van der Waals surface area contributed by atoms with Gasteiger partial charge in [-0.05, 0) is 37.1 Å². The SMILES string of the molecule is CN(C(=O)c1ccccc1OCC(=O)Nc1ccccc1F)C1CCCCCC1. The summed E-state index contributed by atoms with van der Waals surface area (Å²) in [6.45, 7) is -0.314. The van der Waals surface area contributed by atoms with Gasteiger partial charge in [-0.15, -0.1) is 0 Å². The Labute approximate surface area is 170 Å². The Morgan fingerprint density at radius 1 is 1.03 bits per heavy atom. The number of benzene rings is 2. The third-order valence-corrected chi connectivity index (χ3v) is 5.32. The molecular formula is C23H27FN2O3. The maximum absolute atomic E-state index is 13.7. The molecule has 1 aliphatic carbocycles.